The van der Waals surface area contributed by atoms with Gasteiger partial charge in [0.05, 0.1) is 6.07 Å². The molecule has 0 fully saturated rings. The number of hydrogen-bond acceptors (Lipinski definition) is 4. The Hall–Kier alpha value is -2.48. The van der Waals surface area contributed by atoms with E-state index in [2.05, 4.69) is 5.32 Å². The summed E-state index contributed by atoms with van der Waals surface area (Å²) in [6.45, 7) is 2.75. The van der Waals surface area contributed by atoms with Crippen LogP contribution in [0.4, 0.5) is 5.69 Å². The summed E-state index contributed by atoms with van der Waals surface area (Å²) in [6, 6.07) is 6.15. The van der Waals surface area contributed by atoms with E-state index in [4.69, 9.17) is 5.26 Å². The monoisotopic (exact) mass is 244 g/mol. The van der Waals surface area contributed by atoms with E-state index in [1.807, 2.05) is 0 Å². The van der Waals surface area contributed by atoms with Crippen LogP contribution in [-0.2, 0) is 4.79 Å². The average molecular weight is 244 g/mol. The Bertz CT molecular complexity index is 524. The number of anilines is 1. The number of ketones is 2. The van der Waals surface area contributed by atoms with Gasteiger partial charge >= 0.3 is 0 Å². The molecule has 0 aromatic heterocycles. The Kier molecular flexibility index (Phi) is 4.33. The number of Topliss-reactive ketones (excluding diaryl/α,β-unsaturated/α-hetero) is 2. The van der Waals surface area contributed by atoms with Crippen LogP contribution in [0.2, 0.25) is 0 Å². The summed E-state index contributed by atoms with van der Waals surface area (Å²) in [6.07, 6.45) is -0.278. The van der Waals surface area contributed by atoms with Gasteiger partial charge in [-0.2, -0.15) is 5.26 Å². The van der Waals surface area contributed by atoms with Crippen molar-refractivity contribution in [3.05, 3.63) is 29.3 Å². The van der Waals surface area contributed by atoms with Crippen molar-refractivity contribution in [3.63, 3.8) is 0 Å². The number of nitrogens with zero attached hydrogens (tertiary/aromatic N) is 1. The van der Waals surface area contributed by atoms with Gasteiger partial charge in [-0.3, -0.25) is 14.4 Å². The van der Waals surface area contributed by atoms with Crippen LogP contribution in [0.15, 0.2) is 18.2 Å². The van der Waals surface area contributed by atoms with Gasteiger partial charge in [0.1, 0.15) is 6.42 Å². The van der Waals surface area contributed by atoms with Crippen molar-refractivity contribution in [2.75, 3.05) is 5.32 Å². The highest BCUT2D eigenvalue weighted by molar-refractivity contribution is 6.02. The first-order chi connectivity index (χ1) is 8.43. The molecule has 1 aromatic rings. The maximum Gasteiger partial charge on any atom is 0.238 e. The zero-order chi connectivity index (χ0) is 13.7. The van der Waals surface area contributed by atoms with Crippen LogP contribution in [0, 0.1) is 11.3 Å². The average Bonchev–Trinajstić information content (AvgIpc) is 2.28. The Morgan fingerprint density at radius 3 is 2.00 bits per heavy atom. The maximum atomic E-state index is 11.3. The molecule has 5 nitrogen and oxygen atoms in total. The van der Waals surface area contributed by atoms with Gasteiger partial charge in [-0.1, -0.05) is 0 Å². The fraction of sp³-hybridized carbons (Fsp3) is 0.231. The van der Waals surface area contributed by atoms with E-state index in [1.165, 1.54) is 32.0 Å². The summed E-state index contributed by atoms with van der Waals surface area (Å²) in [5.74, 6) is -0.879. The first-order valence-electron chi connectivity index (χ1n) is 5.28. The standard InChI is InChI=1S/C13H12N2O3/c1-8(16)10-5-11(9(2)17)7-12(6-10)15-13(18)3-4-14/h5-7H,3H2,1-2H3,(H,15,18). The van der Waals surface area contributed by atoms with E-state index in [0.29, 0.717) is 16.8 Å². The molecule has 0 aliphatic carbocycles. The zero-order valence-corrected chi connectivity index (χ0v) is 10.1. The number of hydrogen-bond donors (Lipinski definition) is 1. The van der Waals surface area contributed by atoms with Crippen molar-refractivity contribution in [2.45, 2.75) is 20.3 Å². The molecule has 0 spiro atoms. The van der Waals surface area contributed by atoms with Crippen LogP contribution >= 0.6 is 0 Å². The molecule has 1 aromatic carbocycles. The summed E-state index contributed by atoms with van der Waals surface area (Å²) in [4.78, 5) is 33.9. The Balaban J connectivity index is 3.12. The highest BCUT2D eigenvalue weighted by Gasteiger charge is 2.09. The van der Waals surface area contributed by atoms with Crippen molar-refractivity contribution in [1.82, 2.24) is 0 Å². The molecule has 0 aliphatic rings. The number of amides is 1. The van der Waals surface area contributed by atoms with E-state index >= 15 is 0 Å². The second-order valence-electron chi connectivity index (χ2n) is 3.79. The van der Waals surface area contributed by atoms with E-state index < -0.39 is 5.91 Å². The summed E-state index contributed by atoms with van der Waals surface area (Å²) in [5, 5.41) is 10.8. The number of rotatable bonds is 4. The minimum Gasteiger partial charge on any atom is -0.325 e. The lowest BCUT2D eigenvalue weighted by Crippen LogP contribution is -2.11. The zero-order valence-electron chi connectivity index (χ0n) is 10.1. The highest BCUT2D eigenvalue weighted by atomic mass is 16.1. The van der Waals surface area contributed by atoms with Crippen molar-refractivity contribution < 1.29 is 14.4 Å². The topological polar surface area (TPSA) is 87.0 Å². The summed E-state index contributed by atoms with van der Waals surface area (Å²) in [5.41, 5.74) is 1.03. The van der Waals surface area contributed by atoms with Crippen molar-refractivity contribution in [1.29, 1.82) is 5.26 Å². The predicted molar refractivity (Wildman–Crippen MR) is 65.3 cm³/mol. The van der Waals surface area contributed by atoms with Crippen LogP contribution < -0.4 is 5.32 Å². The molecular weight excluding hydrogens is 232 g/mol. The van der Waals surface area contributed by atoms with Gasteiger partial charge < -0.3 is 5.32 Å². The second-order valence-corrected chi connectivity index (χ2v) is 3.79. The summed E-state index contributed by atoms with van der Waals surface area (Å²) in [7, 11) is 0. The first kappa shape index (κ1) is 13.6. The quantitative estimate of drug-likeness (QED) is 0.820. The van der Waals surface area contributed by atoms with Gasteiger partial charge in [0.25, 0.3) is 0 Å². The molecule has 0 heterocycles. The Labute approximate surface area is 104 Å². The smallest absolute Gasteiger partial charge is 0.238 e. The molecule has 1 amide bonds. The number of benzene rings is 1. The highest BCUT2D eigenvalue weighted by Crippen LogP contribution is 2.16. The third kappa shape index (κ3) is 3.52. The van der Waals surface area contributed by atoms with Gasteiger partial charge in [-0.25, -0.2) is 0 Å². The van der Waals surface area contributed by atoms with Crippen LogP contribution in [0.5, 0.6) is 0 Å². The predicted octanol–water partition coefficient (Wildman–Crippen LogP) is 1.94. The van der Waals surface area contributed by atoms with Gasteiger partial charge in [-0.05, 0) is 32.0 Å². The molecule has 1 rings (SSSR count). The van der Waals surface area contributed by atoms with Crippen LogP contribution in [0.3, 0.4) is 0 Å². The van der Waals surface area contributed by atoms with Crippen molar-refractivity contribution in [2.24, 2.45) is 0 Å². The van der Waals surface area contributed by atoms with E-state index in [-0.39, 0.29) is 18.0 Å². The Morgan fingerprint density at radius 2 is 1.61 bits per heavy atom. The summed E-state index contributed by atoms with van der Waals surface area (Å²) >= 11 is 0. The fourth-order valence-corrected chi connectivity index (χ4v) is 1.38. The van der Waals surface area contributed by atoms with E-state index in [0.717, 1.165) is 0 Å². The molecule has 0 bridgehead atoms. The van der Waals surface area contributed by atoms with Gasteiger partial charge in [0, 0.05) is 16.8 Å². The third-order valence-electron chi connectivity index (χ3n) is 2.27. The molecule has 92 valence electrons. The molecule has 0 unspecified atom stereocenters. The largest absolute Gasteiger partial charge is 0.325 e. The number of carbonyl (C=O) groups excluding carboxylic acids is 3. The lowest BCUT2D eigenvalue weighted by atomic mass is 10.0. The summed E-state index contributed by atoms with van der Waals surface area (Å²) < 4.78 is 0. The van der Waals surface area contributed by atoms with E-state index in [9.17, 15) is 14.4 Å². The molecule has 1 N–H and O–H groups in total. The number of nitrogens with one attached hydrogen (secondary N) is 1. The minimum atomic E-state index is -0.479. The van der Waals surface area contributed by atoms with Gasteiger partial charge in [-0.15, -0.1) is 0 Å². The molecule has 0 radical (unpaired) electrons. The maximum absolute atomic E-state index is 11.3. The lowest BCUT2D eigenvalue weighted by molar-refractivity contribution is -0.115. The lowest BCUT2D eigenvalue weighted by Gasteiger charge is -2.07. The number of carbonyl (C=O) groups is 3. The molecule has 0 atom stereocenters. The molecule has 0 saturated heterocycles. The molecule has 0 saturated carbocycles. The van der Waals surface area contributed by atoms with Gasteiger partial charge in [0.15, 0.2) is 11.6 Å². The molecular formula is C13H12N2O3. The van der Waals surface area contributed by atoms with Gasteiger partial charge in [0.2, 0.25) is 5.91 Å². The SMILES string of the molecule is CC(=O)c1cc(NC(=O)CC#N)cc(C(C)=O)c1. The van der Waals surface area contributed by atoms with E-state index in [1.54, 1.807) is 6.07 Å². The van der Waals surface area contributed by atoms with Crippen molar-refractivity contribution >= 4 is 23.2 Å². The molecule has 5 heteroatoms. The molecule has 0 aliphatic heterocycles. The van der Waals surface area contributed by atoms with Crippen LogP contribution in [0.25, 0.3) is 0 Å². The third-order valence-corrected chi connectivity index (χ3v) is 2.27. The van der Waals surface area contributed by atoms with Crippen LogP contribution in [0.1, 0.15) is 41.0 Å². The fourth-order valence-electron chi connectivity index (χ4n) is 1.38. The number of nitriles is 1. The minimum absolute atomic E-state index is 0.200. The Morgan fingerprint density at radius 1 is 1.11 bits per heavy atom. The second kappa shape index (κ2) is 5.73. The first-order valence-corrected chi connectivity index (χ1v) is 5.28. The van der Waals surface area contributed by atoms with Crippen LogP contribution in [-0.4, -0.2) is 17.5 Å². The normalized spacial score (nSPS) is 9.39. The molecule has 18 heavy (non-hydrogen) atoms. The van der Waals surface area contributed by atoms with Crippen molar-refractivity contribution in [3.8, 4) is 6.07 Å².